The Morgan fingerprint density at radius 2 is 1.89 bits per heavy atom. The first-order valence-electron chi connectivity index (χ1n) is 11.5. The highest BCUT2D eigenvalue weighted by atomic mass is 35.5. The van der Waals surface area contributed by atoms with Crippen LogP contribution < -0.4 is 4.74 Å². The van der Waals surface area contributed by atoms with Crippen molar-refractivity contribution in [1.29, 1.82) is 0 Å². The van der Waals surface area contributed by atoms with E-state index in [4.69, 9.17) is 16.3 Å². The SMILES string of the molecule is COc1ccc(CCN2C(=O)c3[nH]nc(-c4cc(C)cc(C)c4O)c3[C@H]2c2cccc(Cl)c2)cc1. The zero-order valence-electron chi connectivity index (χ0n) is 19.8. The van der Waals surface area contributed by atoms with E-state index >= 15 is 0 Å². The molecule has 7 heteroatoms. The Labute approximate surface area is 209 Å². The number of amides is 1. The second kappa shape index (κ2) is 9.12. The first kappa shape index (κ1) is 23.0. The molecule has 2 N–H and O–H groups in total. The number of aromatic hydroxyl groups is 1. The van der Waals surface area contributed by atoms with Crippen LogP contribution in [0, 0.1) is 13.8 Å². The quantitative estimate of drug-likeness (QED) is 0.357. The predicted molar refractivity (Wildman–Crippen MR) is 136 cm³/mol. The number of nitrogens with zero attached hydrogens (tertiary/aromatic N) is 2. The molecule has 0 bridgehead atoms. The van der Waals surface area contributed by atoms with Gasteiger partial charge in [-0.25, -0.2) is 0 Å². The van der Waals surface area contributed by atoms with Crippen molar-refractivity contribution in [3.05, 3.63) is 99.2 Å². The van der Waals surface area contributed by atoms with Crippen LogP contribution in [0.5, 0.6) is 11.5 Å². The largest absolute Gasteiger partial charge is 0.507 e. The lowest BCUT2D eigenvalue weighted by atomic mass is 9.94. The summed E-state index contributed by atoms with van der Waals surface area (Å²) in [4.78, 5) is 15.4. The third-order valence-corrected chi connectivity index (χ3v) is 6.76. The van der Waals surface area contributed by atoms with E-state index in [0.29, 0.717) is 34.9 Å². The van der Waals surface area contributed by atoms with Gasteiger partial charge in [0.25, 0.3) is 5.91 Å². The molecule has 1 atom stereocenters. The van der Waals surface area contributed by atoms with E-state index in [9.17, 15) is 9.90 Å². The minimum absolute atomic E-state index is 0.124. The van der Waals surface area contributed by atoms with Gasteiger partial charge in [0.05, 0.1) is 13.2 Å². The molecule has 1 aromatic heterocycles. The molecule has 0 saturated carbocycles. The summed E-state index contributed by atoms with van der Waals surface area (Å²) < 4.78 is 5.26. The molecule has 2 heterocycles. The monoisotopic (exact) mass is 487 g/mol. The fourth-order valence-electron chi connectivity index (χ4n) is 4.84. The summed E-state index contributed by atoms with van der Waals surface area (Å²) in [7, 11) is 1.64. The Bertz CT molecular complexity index is 1410. The normalized spacial score (nSPS) is 14.9. The Morgan fingerprint density at radius 3 is 2.60 bits per heavy atom. The van der Waals surface area contributed by atoms with Crippen molar-refractivity contribution in [2.24, 2.45) is 0 Å². The number of phenolic OH excluding ortho intramolecular Hbond substituents is 1. The minimum Gasteiger partial charge on any atom is -0.507 e. The fraction of sp³-hybridized carbons (Fsp3) is 0.214. The molecular formula is C28H26ClN3O3. The molecule has 1 aliphatic rings. The van der Waals surface area contributed by atoms with Crippen molar-refractivity contribution in [3.8, 4) is 22.8 Å². The van der Waals surface area contributed by atoms with Crippen LogP contribution in [0.15, 0.2) is 60.7 Å². The van der Waals surface area contributed by atoms with Crippen molar-refractivity contribution < 1.29 is 14.6 Å². The van der Waals surface area contributed by atoms with E-state index in [1.807, 2.05) is 79.4 Å². The highest BCUT2D eigenvalue weighted by molar-refractivity contribution is 6.30. The summed E-state index contributed by atoms with van der Waals surface area (Å²) in [5.74, 6) is 0.835. The summed E-state index contributed by atoms with van der Waals surface area (Å²) in [5, 5.41) is 18.9. The fourth-order valence-corrected chi connectivity index (χ4v) is 5.04. The first-order valence-corrected chi connectivity index (χ1v) is 11.8. The number of H-pyrrole nitrogens is 1. The summed E-state index contributed by atoms with van der Waals surface area (Å²) in [6.45, 7) is 4.34. The van der Waals surface area contributed by atoms with Gasteiger partial charge in [0.15, 0.2) is 0 Å². The van der Waals surface area contributed by atoms with Crippen LogP contribution in [0.1, 0.15) is 44.3 Å². The molecule has 0 aliphatic carbocycles. The number of aryl methyl sites for hydroxylation is 2. The first-order chi connectivity index (χ1) is 16.9. The van der Waals surface area contributed by atoms with Gasteiger partial charge in [0.1, 0.15) is 22.9 Å². The standard InChI is InChI=1S/C28H26ClN3O3/c1-16-13-17(2)27(33)22(14-16)24-23-25(31-30-24)28(34)32(26(23)19-5-4-6-20(29)15-19)12-11-18-7-9-21(35-3)10-8-18/h4-10,13-15,26,33H,11-12H2,1-3H3,(H,30,31)/t26-/m1/s1. The molecule has 0 fully saturated rings. The molecule has 0 saturated heterocycles. The average molecular weight is 488 g/mol. The van der Waals surface area contributed by atoms with E-state index in [0.717, 1.165) is 33.6 Å². The van der Waals surface area contributed by atoms with Gasteiger partial charge in [0, 0.05) is 22.7 Å². The molecular weight excluding hydrogens is 462 g/mol. The molecule has 6 nitrogen and oxygen atoms in total. The third kappa shape index (κ3) is 4.15. The minimum atomic E-state index is -0.386. The number of hydrogen-bond donors (Lipinski definition) is 2. The van der Waals surface area contributed by atoms with Crippen LogP contribution in [-0.2, 0) is 6.42 Å². The van der Waals surface area contributed by atoms with Gasteiger partial charge in [-0.1, -0.05) is 41.9 Å². The van der Waals surface area contributed by atoms with Crippen LogP contribution in [0.4, 0.5) is 0 Å². The number of hydrogen-bond acceptors (Lipinski definition) is 4. The smallest absolute Gasteiger partial charge is 0.273 e. The number of fused-ring (bicyclic) bond motifs is 1. The van der Waals surface area contributed by atoms with Crippen LogP contribution in [0.2, 0.25) is 5.02 Å². The third-order valence-electron chi connectivity index (χ3n) is 6.53. The zero-order valence-corrected chi connectivity index (χ0v) is 20.6. The van der Waals surface area contributed by atoms with Gasteiger partial charge in [-0.15, -0.1) is 0 Å². The van der Waals surface area contributed by atoms with Gasteiger partial charge in [-0.05, 0) is 72.9 Å². The lowest BCUT2D eigenvalue weighted by molar-refractivity contribution is 0.0746. The van der Waals surface area contributed by atoms with E-state index in [1.165, 1.54) is 0 Å². The Morgan fingerprint density at radius 1 is 1.11 bits per heavy atom. The number of halogens is 1. The topological polar surface area (TPSA) is 78.5 Å². The Balaban J connectivity index is 1.58. The molecule has 3 aromatic carbocycles. The van der Waals surface area contributed by atoms with Gasteiger partial charge in [0.2, 0.25) is 0 Å². The van der Waals surface area contributed by atoms with Crippen molar-refractivity contribution >= 4 is 17.5 Å². The number of carbonyl (C=O) groups excluding carboxylic acids is 1. The average Bonchev–Trinajstić information content (AvgIpc) is 3.39. The summed E-state index contributed by atoms with van der Waals surface area (Å²) in [5.41, 5.74) is 6.15. The van der Waals surface area contributed by atoms with Crippen molar-refractivity contribution in [2.75, 3.05) is 13.7 Å². The maximum absolute atomic E-state index is 13.6. The number of phenols is 1. The molecule has 1 aliphatic heterocycles. The van der Waals surface area contributed by atoms with E-state index in [2.05, 4.69) is 10.2 Å². The molecule has 35 heavy (non-hydrogen) atoms. The number of aromatic nitrogens is 2. The van der Waals surface area contributed by atoms with Crippen LogP contribution in [-0.4, -0.2) is 39.8 Å². The number of aromatic amines is 1. The maximum atomic E-state index is 13.6. The molecule has 1 amide bonds. The predicted octanol–water partition coefficient (Wildman–Crippen LogP) is 5.85. The lowest BCUT2D eigenvalue weighted by Gasteiger charge is -2.27. The van der Waals surface area contributed by atoms with Gasteiger partial charge >= 0.3 is 0 Å². The lowest BCUT2D eigenvalue weighted by Crippen LogP contribution is -2.31. The Hall–Kier alpha value is -3.77. The molecule has 178 valence electrons. The number of carbonyl (C=O) groups is 1. The van der Waals surface area contributed by atoms with Gasteiger partial charge in [-0.3, -0.25) is 9.89 Å². The molecule has 0 radical (unpaired) electrons. The second-order valence-electron chi connectivity index (χ2n) is 8.89. The number of ether oxygens (including phenoxy) is 1. The highest BCUT2D eigenvalue weighted by Crippen LogP contribution is 2.45. The van der Waals surface area contributed by atoms with E-state index < -0.39 is 0 Å². The van der Waals surface area contributed by atoms with Crippen molar-refractivity contribution in [1.82, 2.24) is 15.1 Å². The van der Waals surface area contributed by atoms with Gasteiger partial charge < -0.3 is 14.7 Å². The number of methoxy groups -OCH3 is 1. The van der Waals surface area contributed by atoms with Crippen molar-refractivity contribution in [3.63, 3.8) is 0 Å². The second-order valence-corrected chi connectivity index (χ2v) is 9.33. The summed E-state index contributed by atoms with van der Waals surface area (Å²) in [6, 6.07) is 18.8. The number of nitrogens with one attached hydrogen (secondary N) is 1. The van der Waals surface area contributed by atoms with Crippen LogP contribution in [0.25, 0.3) is 11.3 Å². The maximum Gasteiger partial charge on any atom is 0.273 e. The van der Waals surface area contributed by atoms with E-state index in [-0.39, 0.29) is 17.7 Å². The molecule has 0 unspecified atom stereocenters. The summed E-state index contributed by atoms with van der Waals surface area (Å²) in [6.07, 6.45) is 0.675. The van der Waals surface area contributed by atoms with Crippen LogP contribution in [0.3, 0.4) is 0 Å². The van der Waals surface area contributed by atoms with E-state index in [1.54, 1.807) is 7.11 Å². The van der Waals surface area contributed by atoms with Crippen LogP contribution >= 0.6 is 11.6 Å². The Kier molecular flexibility index (Phi) is 5.99. The number of benzene rings is 3. The summed E-state index contributed by atoms with van der Waals surface area (Å²) >= 11 is 6.35. The zero-order chi connectivity index (χ0) is 24.7. The molecule has 0 spiro atoms. The highest BCUT2D eigenvalue weighted by Gasteiger charge is 2.42. The molecule has 5 rings (SSSR count). The molecule has 4 aromatic rings. The number of rotatable bonds is 6. The van der Waals surface area contributed by atoms with Gasteiger partial charge in [-0.2, -0.15) is 5.10 Å². The van der Waals surface area contributed by atoms with Crippen molar-refractivity contribution in [2.45, 2.75) is 26.3 Å².